The van der Waals surface area contributed by atoms with Crippen LogP contribution in [0.4, 0.5) is 0 Å². The molecular formula is C17H17BrO2. The Morgan fingerprint density at radius 3 is 2.55 bits per heavy atom. The molecule has 0 radical (unpaired) electrons. The van der Waals surface area contributed by atoms with E-state index in [2.05, 4.69) is 15.9 Å². The zero-order valence-corrected chi connectivity index (χ0v) is 13.2. The first-order valence-electron chi connectivity index (χ1n) is 6.65. The third-order valence-corrected chi connectivity index (χ3v) is 3.69. The van der Waals surface area contributed by atoms with Crippen LogP contribution in [0, 0.1) is 0 Å². The largest absolute Gasteiger partial charge is 0.493 e. The second kappa shape index (κ2) is 6.71. The molecule has 104 valence electrons. The highest BCUT2D eigenvalue weighted by atomic mass is 79.9. The number of rotatable bonds is 5. The van der Waals surface area contributed by atoms with Gasteiger partial charge in [-0.3, -0.25) is 4.79 Å². The number of Topliss-reactive ketones (excluding diaryl/α,β-unsaturated/α-hetero) is 1. The van der Waals surface area contributed by atoms with Gasteiger partial charge in [0.15, 0.2) is 5.78 Å². The monoisotopic (exact) mass is 332 g/mol. The maximum Gasteiger partial charge on any atom is 0.173 e. The van der Waals surface area contributed by atoms with Crippen molar-refractivity contribution in [1.29, 1.82) is 0 Å². The highest BCUT2D eigenvalue weighted by molar-refractivity contribution is 9.10. The fourth-order valence-corrected chi connectivity index (χ4v) is 2.46. The van der Waals surface area contributed by atoms with E-state index in [-0.39, 0.29) is 11.7 Å². The predicted molar refractivity (Wildman–Crippen MR) is 84.5 cm³/mol. The van der Waals surface area contributed by atoms with Crippen LogP contribution in [0.3, 0.4) is 0 Å². The van der Waals surface area contributed by atoms with Gasteiger partial charge in [-0.2, -0.15) is 0 Å². The number of ketones is 1. The van der Waals surface area contributed by atoms with E-state index in [9.17, 15) is 4.79 Å². The molecule has 2 aromatic carbocycles. The van der Waals surface area contributed by atoms with E-state index >= 15 is 0 Å². The summed E-state index contributed by atoms with van der Waals surface area (Å²) >= 11 is 3.41. The first kappa shape index (κ1) is 14.8. The normalized spacial score (nSPS) is 11.9. The van der Waals surface area contributed by atoms with E-state index in [1.54, 1.807) is 0 Å². The molecule has 0 saturated carbocycles. The van der Waals surface area contributed by atoms with Gasteiger partial charge in [-0.25, -0.2) is 0 Å². The first-order valence-corrected chi connectivity index (χ1v) is 7.44. The third-order valence-electron chi connectivity index (χ3n) is 3.20. The molecule has 0 heterocycles. The molecule has 0 saturated heterocycles. The molecule has 0 bridgehead atoms. The summed E-state index contributed by atoms with van der Waals surface area (Å²) in [6.45, 7) is 4.38. The van der Waals surface area contributed by atoms with Crippen LogP contribution in [-0.4, -0.2) is 12.4 Å². The van der Waals surface area contributed by atoms with Crippen molar-refractivity contribution < 1.29 is 9.53 Å². The average molecular weight is 333 g/mol. The summed E-state index contributed by atoms with van der Waals surface area (Å²) < 4.78 is 6.44. The average Bonchev–Trinajstić information content (AvgIpc) is 2.48. The Morgan fingerprint density at radius 1 is 1.20 bits per heavy atom. The smallest absolute Gasteiger partial charge is 0.173 e. The topological polar surface area (TPSA) is 26.3 Å². The van der Waals surface area contributed by atoms with Gasteiger partial charge in [0, 0.05) is 10.4 Å². The highest BCUT2D eigenvalue weighted by Gasteiger charge is 2.20. The predicted octanol–water partition coefficient (Wildman–Crippen LogP) is 4.83. The Kier molecular flexibility index (Phi) is 4.96. The van der Waals surface area contributed by atoms with Gasteiger partial charge in [0.25, 0.3) is 0 Å². The molecule has 3 heteroatoms. The van der Waals surface area contributed by atoms with Gasteiger partial charge >= 0.3 is 0 Å². The van der Waals surface area contributed by atoms with Crippen molar-refractivity contribution in [2.75, 3.05) is 6.61 Å². The van der Waals surface area contributed by atoms with Crippen molar-refractivity contribution in [2.45, 2.75) is 19.8 Å². The molecule has 20 heavy (non-hydrogen) atoms. The molecule has 0 N–H and O–H groups in total. The Morgan fingerprint density at radius 2 is 1.90 bits per heavy atom. The molecule has 1 unspecified atom stereocenters. The van der Waals surface area contributed by atoms with Gasteiger partial charge in [-0.15, -0.1) is 0 Å². The van der Waals surface area contributed by atoms with Crippen molar-refractivity contribution in [1.82, 2.24) is 0 Å². The van der Waals surface area contributed by atoms with Crippen molar-refractivity contribution in [3.8, 4) is 5.75 Å². The number of carbonyl (C=O) groups is 1. The van der Waals surface area contributed by atoms with Gasteiger partial charge in [0.05, 0.1) is 12.2 Å². The van der Waals surface area contributed by atoms with Crippen LogP contribution in [0.1, 0.15) is 35.7 Å². The molecule has 0 aliphatic carbocycles. The highest BCUT2D eigenvalue weighted by Crippen LogP contribution is 2.29. The summed E-state index contributed by atoms with van der Waals surface area (Å²) in [5, 5.41) is 0. The second-order valence-corrected chi connectivity index (χ2v) is 5.49. The van der Waals surface area contributed by atoms with Gasteiger partial charge in [-0.1, -0.05) is 53.2 Å². The third kappa shape index (κ3) is 3.28. The van der Waals surface area contributed by atoms with Crippen LogP contribution in [-0.2, 0) is 0 Å². The molecule has 0 spiro atoms. The summed E-state index contributed by atoms with van der Waals surface area (Å²) in [5.74, 6) is 0.522. The zero-order chi connectivity index (χ0) is 14.5. The molecule has 0 aliphatic heterocycles. The number of benzene rings is 2. The lowest BCUT2D eigenvalue weighted by molar-refractivity contribution is 0.0962. The Labute approximate surface area is 127 Å². The van der Waals surface area contributed by atoms with Gasteiger partial charge in [0.2, 0.25) is 0 Å². The number of hydrogen-bond acceptors (Lipinski definition) is 2. The Hall–Kier alpha value is -1.61. The second-order valence-electron chi connectivity index (χ2n) is 4.57. The Bertz CT molecular complexity index is 593. The summed E-state index contributed by atoms with van der Waals surface area (Å²) in [6, 6.07) is 15.3. The van der Waals surface area contributed by atoms with Crippen molar-refractivity contribution in [3.05, 3.63) is 64.1 Å². The van der Waals surface area contributed by atoms with Crippen LogP contribution in [0.15, 0.2) is 53.0 Å². The van der Waals surface area contributed by atoms with E-state index in [0.717, 1.165) is 10.0 Å². The van der Waals surface area contributed by atoms with Crippen LogP contribution >= 0.6 is 15.9 Å². The molecule has 2 rings (SSSR count). The minimum absolute atomic E-state index is 0.0703. The van der Waals surface area contributed by atoms with E-state index < -0.39 is 0 Å². The number of ether oxygens (including phenoxy) is 1. The minimum atomic E-state index is -0.190. The molecule has 2 nitrogen and oxygen atoms in total. The summed E-state index contributed by atoms with van der Waals surface area (Å²) in [7, 11) is 0. The molecule has 0 aliphatic rings. The van der Waals surface area contributed by atoms with Gasteiger partial charge in [0.1, 0.15) is 5.75 Å². The van der Waals surface area contributed by atoms with Crippen LogP contribution in [0.2, 0.25) is 0 Å². The zero-order valence-electron chi connectivity index (χ0n) is 11.6. The van der Waals surface area contributed by atoms with Crippen LogP contribution < -0.4 is 4.74 Å². The summed E-state index contributed by atoms with van der Waals surface area (Å²) in [5.41, 5.74) is 1.64. The van der Waals surface area contributed by atoms with Crippen molar-refractivity contribution in [3.63, 3.8) is 0 Å². The lowest BCUT2D eigenvalue weighted by atomic mass is 9.92. The fraction of sp³-hybridized carbons (Fsp3) is 0.235. The molecule has 1 atom stereocenters. The molecule has 0 amide bonds. The fourth-order valence-electron chi connectivity index (χ4n) is 2.10. The summed E-state index contributed by atoms with van der Waals surface area (Å²) in [6.07, 6.45) is 0. The first-order chi connectivity index (χ1) is 9.63. The molecule has 0 aromatic heterocycles. The SMILES string of the molecule is CCOc1ccc(Br)cc1C(=O)C(C)c1ccccc1. The van der Waals surface area contributed by atoms with E-state index in [0.29, 0.717) is 17.9 Å². The number of halogens is 1. The number of carbonyl (C=O) groups excluding carboxylic acids is 1. The lowest BCUT2D eigenvalue weighted by Crippen LogP contribution is -2.11. The minimum Gasteiger partial charge on any atom is -0.493 e. The van der Waals surface area contributed by atoms with Gasteiger partial charge in [-0.05, 0) is 30.7 Å². The molecular weight excluding hydrogens is 316 g/mol. The van der Waals surface area contributed by atoms with Crippen molar-refractivity contribution >= 4 is 21.7 Å². The lowest BCUT2D eigenvalue weighted by Gasteiger charge is -2.14. The maximum atomic E-state index is 12.7. The maximum absolute atomic E-state index is 12.7. The van der Waals surface area contributed by atoms with E-state index in [1.807, 2.05) is 62.4 Å². The van der Waals surface area contributed by atoms with Gasteiger partial charge < -0.3 is 4.74 Å². The molecule has 2 aromatic rings. The van der Waals surface area contributed by atoms with E-state index in [4.69, 9.17) is 4.74 Å². The van der Waals surface area contributed by atoms with Crippen LogP contribution in [0.25, 0.3) is 0 Å². The van der Waals surface area contributed by atoms with Crippen LogP contribution in [0.5, 0.6) is 5.75 Å². The Balaban J connectivity index is 2.35. The summed E-state index contributed by atoms with van der Waals surface area (Å²) in [4.78, 5) is 12.7. The standard InChI is InChI=1S/C17H17BrO2/c1-3-20-16-10-9-14(18)11-15(16)17(19)12(2)13-7-5-4-6-8-13/h4-12H,3H2,1-2H3. The van der Waals surface area contributed by atoms with E-state index in [1.165, 1.54) is 0 Å². The molecule has 0 fully saturated rings. The number of hydrogen-bond donors (Lipinski definition) is 0. The quantitative estimate of drug-likeness (QED) is 0.732. The van der Waals surface area contributed by atoms with Crippen molar-refractivity contribution in [2.24, 2.45) is 0 Å².